The minimum Gasteiger partial charge on any atom is -0.504 e. The van der Waals surface area contributed by atoms with Crippen LogP contribution in [0.4, 0.5) is 4.79 Å². The van der Waals surface area contributed by atoms with Crippen LogP contribution in [0.3, 0.4) is 0 Å². The molecule has 0 radical (unpaired) electrons. The molecule has 19 heavy (non-hydrogen) atoms. The predicted octanol–water partition coefficient (Wildman–Crippen LogP) is 4.13. The lowest BCUT2D eigenvalue weighted by atomic mass is 9.97. The molecule has 0 aliphatic heterocycles. The molecule has 0 saturated carbocycles. The molecule has 4 heteroatoms. The Morgan fingerprint density at radius 3 is 2.37 bits per heavy atom. The molecular weight excluding hydrogens is 244 g/mol. The van der Waals surface area contributed by atoms with E-state index in [1.54, 1.807) is 12.1 Å². The van der Waals surface area contributed by atoms with Gasteiger partial charge in [0.2, 0.25) is 0 Å². The van der Waals surface area contributed by atoms with Gasteiger partial charge in [0, 0.05) is 0 Å². The molecule has 0 spiro atoms. The van der Waals surface area contributed by atoms with Crippen molar-refractivity contribution in [2.45, 2.75) is 52.4 Å². The van der Waals surface area contributed by atoms with Gasteiger partial charge in [0.15, 0.2) is 11.5 Å². The molecule has 0 heterocycles. The van der Waals surface area contributed by atoms with Gasteiger partial charge in [0.25, 0.3) is 0 Å². The van der Waals surface area contributed by atoms with Crippen molar-refractivity contribution in [1.82, 2.24) is 0 Å². The highest BCUT2D eigenvalue weighted by molar-refractivity contribution is 5.63. The molecule has 4 nitrogen and oxygen atoms in total. The van der Waals surface area contributed by atoms with Crippen LogP contribution in [0.15, 0.2) is 12.1 Å². The molecular formula is C15H22O4. The van der Waals surface area contributed by atoms with Crippen LogP contribution in [-0.4, -0.2) is 16.4 Å². The van der Waals surface area contributed by atoms with Crippen LogP contribution in [0.25, 0.3) is 0 Å². The number of ether oxygens (including phenoxy) is 1. The van der Waals surface area contributed by atoms with Crippen LogP contribution in [0, 0.1) is 0 Å². The van der Waals surface area contributed by atoms with Crippen molar-refractivity contribution in [3.05, 3.63) is 23.3 Å². The highest BCUT2D eigenvalue weighted by Gasteiger charge is 2.12. The fourth-order valence-corrected chi connectivity index (χ4v) is 2.13. The lowest BCUT2D eigenvalue weighted by Crippen LogP contribution is -2.05. The zero-order valence-electron chi connectivity index (χ0n) is 11.6. The summed E-state index contributed by atoms with van der Waals surface area (Å²) in [6, 6.07) is 3.28. The molecule has 0 amide bonds. The maximum absolute atomic E-state index is 10.6. The number of hydrogen-bond donors (Lipinski definition) is 2. The van der Waals surface area contributed by atoms with Crippen molar-refractivity contribution in [2.24, 2.45) is 0 Å². The van der Waals surface area contributed by atoms with E-state index in [2.05, 4.69) is 18.6 Å². The summed E-state index contributed by atoms with van der Waals surface area (Å²) >= 11 is 0. The van der Waals surface area contributed by atoms with E-state index in [1.165, 1.54) is 0 Å². The number of benzene rings is 1. The molecule has 1 rings (SSSR count). The Morgan fingerprint density at radius 1 is 1.11 bits per heavy atom. The van der Waals surface area contributed by atoms with Gasteiger partial charge in [-0.25, -0.2) is 4.79 Å². The molecule has 0 fully saturated rings. The normalized spacial score (nSPS) is 10.4. The Balaban J connectivity index is 2.95. The van der Waals surface area contributed by atoms with Crippen LogP contribution in [0.5, 0.6) is 11.5 Å². The van der Waals surface area contributed by atoms with E-state index in [0.717, 1.165) is 49.7 Å². The third kappa shape index (κ3) is 4.81. The van der Waals surface area contributed by atoms with Gasteiger partial charge in [0.05, 0.1) is 0 Å². The topological polar surface area (TPSA) is 66.8 Å². The quantitative estimate of drug-likeness (QED) is 0.442. The van der Waals surface area contributed by atoms with Crippen molar-refractivity contribution in [3.63, 3.8) is 0 Å². The number of carboxylic acid groups (broad SMARTS) is 1. The summed E-state index contributed by atoms with van der Waals surface area (Å²) in [6.07, 6.45) is 4.71. The van der Waals surface area contributed by atoms with E-state index in [-0.39, 0.29) is 11.5 Å². The number of rotatable bonds is 7. The Bertz CT molecular complexity index is 426. The van der Waals surface area contributed by atoms with Crippen molar-refractivity contribution in [3.8, 4) is 11.5 Å². The number of unbranched alkanes of at least 4 members (excludes halogenated alkanes) is 2. The van der Waals surface area contributed by atoms with Gasteiger partial charge in [0.1, 0.15) is 0 Å². The zero-order chi connectivity index (χ0) is 14.3. The molecule has 0 unspecified atom stereocenters. The SMILES string of the molecule is CCCCCc1cc(O)c(OC(=O)O)cc1CCC. The van der Waals surface area contributed by atoms with Gasteiger partial charge in [-0.1, -0.05) is 33.1 Å². The van der Waals surface area contributed by atoms with E-state index in [9.17, 15) is 9.90 Å². The fourth-order valence-electron chi connectivity index (χ4n) is 2.13. The molecule has 0 bridgehead atoms. The van der Waals surface area contributed by atoms with E-state index < -0.39 is 6.16 Å². The summed E-state index contributed by atoms with van der Waals surface area (Å²) in [4.78, 5) is 10.6. The lowest BCUT2D eigenvalue weighted by molar-refractivity contribution is 0.143. The largest absolute Gasteiger partial charge is 0.511 e. The van der Waals surface area contributed by atoms with Crippen LogP contribution < -0.4 is 4.74 Å². The third-order valence-electron chi connectivity index (χ3n) is 3.05. The molecule has 1 aromatic carbocycles. The number of carbonyl (C=O) groups is 1. The summed E-state index contributed by atoms with van der Waals surface area (Å²) < 4.78 is 4.58. The molecule has 2 N–H and O–H groups in total. The number of phenols is 1. The number of phenolic OH excluding ortho intramolecular Hbond substituents is 1. The fraction of sp³-hybridized carbons (Fsp3) is 0.533. The first kappa shape index (κ1) is 15.3. The smallest absolute Gasteiger partial charge is 0.504 e. The Kier molecular flexibility index (Phi) is 6.19. The van der Waals surface area contributed by atoms with E-state index in [4.69, 9.17) is 5.11 Å². The molecule has 106 valence electrons. The highest BCUT2D eigenvalue weighted by atomic mass is 16.7. The second-order valence-corrected chi connectivity index (χ2v) is 4.66. The van der Waals surface area contributed by atoms with E-state index in [1.807, 2.05) is 0 Å². The maximum atomic E-state index is 10.6. The number of aryl methyl sites for hydroxylation is 2. The van der Waals surface area contributed by atoms with Crippen LogP contribution in [0.1, 0.15) is 50.7 Å². The average Bonchev–Trinajstić information content (AvgIpc) is 2.34. The summed E-state index contributed by atoms with van der Waals surface area (Å²) in [7, 11) is 0. The predicted molar refractivity (Wildman–Crippen MR) is 74.0 cm³/mol. The van der Waals surface area contributed by atoms with Crippen LogP contribution in [-0.2, 0) is 12.8 Å². The molecule has 0 saturated heterocycles. The second-order valence-electron chi connectivity index (χ2n) is 4.66. The first-order valence-electron chi connectivity index (χ1n) is 6.84. The third-order valence-corrected chi connectivity index (χ3v) is 3.05. The Hall–Kier alpha value is -1.71. The first-order chi connectivity index (χ1) is 9.08. The Labute approximate surface area is 114 Å². The number of hydrogen-bond acceptors (Lipinski definition) is 3. The molecule has 0 aromatic heterocycles. The lowest BCUT2D eigenvalue weighted by Gasteiger charge is -2.12. The van der Waals surface area contributed by atoms with Gasteiger partial charge >= 0.3 is 6.16 Å². The van der Waals surface area contributed by atoms with E-state index in [0.29, 0.717) is 0 Å². The van der Waals surface area contributed by atoms with Gasteiger partial charge < -0.3 is 14.9 Å². The van der Waals surface area contributed by atoms with Gasteiger partial charge in [-0.05, 0) is 42.5 Å². The number of aromatic hydroxyl groups is 1. The minimum atomic E-state index is -1.41. The summed E-state index contributed by atoms with van der Waals surface area (Å²) in [5.41, 5.74) is 2.15. The van der Waals surface area contributed by atoms with Gasteiger partial charge in [-0.2, -0.15) is 0 Å². The molecule has 0 atom stereocenters. The van der Waals surface area contributed by atoms with Crippen LogP contribution in [0.2, 0.25) is 0 Å². The monoisotopic (exact) mass is 266 g/mol. The van der Waals surface area contributed by atoms with Crippen molar-refractivity contribution >= 4 is 6.16 Å². The molecule has 1 aromatic rings. The zero-order valence-corrected chi connectivity index (χ0v) is 11.6. The minimum absolute atomic E-state index is 0.0233. The van der Waals surface area contributed by atoms with Crippen molar-refractivity contribution in [1.29, 1.82) is 0 Å². The highest BCUT2D eigenvalue weighted by Crippen LogP contribution is 2.31. The molecule has 0 aliphatic carbocycles. The van der Waals surface area contributed by atoms with E-state index >= 15 is 0 Å². The standard InChI is InChI=1S/C15H22O4/c1-3-5-6-8-12-9-13(16)14(19-15(17)18)10-11(12)7-4-2/h9-10,16H,3-8H2,1-2H3,(H,17,18). The average molecular weight is 266 g/mol. The van der Waals surface area contributed by atoms with Crippen molar-refractivity contribution in [2.75, 3.05) is 0 Å². The maximum Gasteiger partial charge on any atom is 0.511 e. The Morgan fingerprint density at radius 2 is 1.79 bits per heavy atom. The van der Waals surface area contributed by atoms with Crippen molar-refractivity contribution < 1.29 is 19.7 Å². The van der Waals surface area contributed by atoms with Gasteiger partial charge in [-0.15, -0.1) is 0 Å². The van der Waals surface area contributed by atoms with Crippen LogP contribution >= 0.6 is 0 Å². The molecule has 0 aliphatic rings. The van der Waals surface area contributed by atoms with Gasteiger partial charge in [-0.3, -0.25) is 0 Å². The summed E-state index contributed by atoms with van der Waals surface area (Å²) in [5, 5.41) is 18.4. The summed E-state index contributed by atoms with van der Waals surface area (Å²) in [5.74, 6) is -0.0797. The summed E-state index contributed by atoms with van der Waals surface area (Å²) in [6.45, 7) is 4.22. The first-order valence-corrected chi connectivity index (χ1v) is 6.84. The second kappa shape index (κ2) is 7.67.